The third-order valence-electron chi connectivity index (χ3n) is 9.99. The number of aromatic nitrogens is 2. The molecule has 1 unspecified atom stereocenters. The Morgan fingerprint density at radius 1 is 0.964 bits per heavy atom. The van der Waals surface area contributed by atoms with E-state index >= 15 is 0 Å². The first-order chi connectivity index (χ1) is 26.9. The average molecular weight is 850 g/mol. The molecule has 292 valence electrons. The second kappa shape index (κ2) is 16.3. The van der Waals surface area contributed by atoms with Crippen molar-refractivity contribution in [3.8, 4) is 5.75 Å². The highest BCUT2D eigenvalue weighted by Gasteiger charge is 2.40. The van der Waals surface area contributed by atoms with E-state index in [0.717, 1.165) is 11.6 Å². The van der Waals surface area contributed by atoms with Crippen LogP contribution in [0.5, 0.6) is 5.75 Å². The van der Waals surface area contributed by atoms with Crippen LogP contribution < -0.4 is 31.1 Å². The monoisotopic (exact) mass is 848 g/mol. The predicted molar refractivity (Wildman–Crippen MR) is 206 cm³/mol. The molecule has 2 fully saturated rings. The molecule has 3 aliphatic rings. The number of sulfonamides is 1. The standard InChI is InChI=1S/C38H38BrFN8O7S/c39-27-19-42-38(46-35(27)44-29-11-4-10-28(40)33(29)34(41)50)43-21-13-15-24(16-14-21)56(53,54)47-22-5-1-7-23(8-2-6-22)55-31-12-3-9-25-26(31)20-48(37(25)52)30-17-18-32(49)45-36(30)51/h3-4,9-16,19,22-23,30,47H,1-2,5-8,17-18,20H2,(H2,41,50)(H,45,49,51)(H2,42,43,44,46). The third-order valence-corrected chi connectivity index (χ3v) is 12.1. The fourth-order valence-electron chi connectivity index (χ4n) is 7.21. The molecule has 3 heterocycles. The Morgan fingerprint density at radius 3 is 2.41 bits per heavy atom. The molecule has 18 heteroatoms. The highest BCUT2D eigenvalue weighted by molar-refractivity contribution is 9.10. The molecule has 56 heavy (non-hydrogen) atoms. The van der Waals surface area contributed by atoms with E-state index in [1.54, 1.807) is 24.3 Å². The Labute approximate surface area is 330 Å². The Hall–Kier alpha value is -5.46. The molecular weight excluding hydrogens is 811 g/mol. The average Bonchev–Trinajstić information content (AvgIpc) is 3.48. The zero-order valence-electron chi connectivity index (χ0n) is 29.9. The van der Waals surface area contributed by atoms with Crippen LogP contribution in [0.3, 0.4) is 0 Å². The van der Waals surface area contributed by atoms with Gasteiger partial charge in [-0.2, -0.15) is 4.98 Å². The van der Waals surface area contributed by atoms with Crippen molar-refractivity contribution >= 4 is 72.7 Å². The number of ether oxygens (including phenoxy) is 1. The lowest BCUT2D eigenvalue weighted by molar-refractivity contribution is -0.136. The summed E-state index contributed by atoms with van der Waals surface area (Å²) in [6, 6.07) is 14.5. The van der Waals surface area contributed by atoms with E-state index < -0.39 is 33.7 Å². The van der Waals surface area contributed by atoms with E-state index in [9.17, 15) is 32.0 Å². The number of fused-ring (bicyclic) bond motifs is 1. The van der Waals surface area contributed by atoms with Crippen LogP contribution >= 0.6 is 15.9 Å². The molecule has 4 amide bonds. The van der Waals surface area contributed by atoms with Crippen LogP contribution in [0.1, 0.15) is 77.6 Å². The van der Waals surface area contributed by atoms with Crippen molar-refractivity contribution in [2.45, 2.75) is 81.0 Å². The molecule has 0 bridgehead atoms. The van der Waals surface area contributed by atoms with E-state index in [1.165, 1.54) is 35.4 Å². The third kappa shape index (κ3) is 8.51. The van der Waals surface area contributed by atoms with Crippen LogP contribution in [0.15, 0.2) is 76.2 Å². The van der Waals surface area contributed by atoms with Gasteiger partial charge in [-0.25, -0.2) is 22.5 Å². The second-order valence-electron chi connectivity index (χ2n) is 13.8. The number of carbonyl (C=O) groups excluding carboxylic acids is 4. The number of nitrogens with one attached hydrogen (secondary N) is 4. The van der Waals surface area contributed by atoms with Crippen LogP contribution in [0.4, 0.5) is 27.5 Å². The lowest BCUT2D eigenvalue weighted by Crippen LogP contribution is -2.52. The molecular formula is C38H38BrFN8O7S. The summed E-state index contributed by atoms with van der Waals surface area (Å²) in [6.45, 7) is 0.221. The summed E-state index contributed by atoms with van der Waals surface area (Å²) in [4.78, 5) is 59.4. The number of halogens is 2. The Morgan fingerprint density at radius 2 is 1.70 bits per heavy atom. The molecule has 7 rings (SSSR count). The molecule has 15 nitrogen and oxygen atoms in total. The van der Waals surface area contributed by atoms with Crippen molar-refractivity contribution in [3.63, 3.8) is 0 Å². The van der Waals surface area contributed by atoms with E-state index in [-0.39, 0.29) is 71.3 Å². The van der Waals surface area contributed by atoms with Crippen LogP contribution in [0, 0.1) is 5.82 Å². The number of imide groups is 1. The number of nitrogens with zero attached hydrogens (tertiary/aromatic N) is 3. The Kier molecular flexibility index (Phi) is 11.3. The van der Waals surface area contributed by atoms with Crippen LogP contribution in [-0.2, 0) is 26.2 Å². The van der Waals surface area contributed by atoms with Crippen molar-refractivity contribution in [2.24, 2.45) is 5.73 Å². The second-order valence-corrected chi connectivity index (χ2v) is 16.4. The number of rotatable bonds is 11. The van der Waals surface area contributed by atoms with Crippen LogP contribution in [0.25, 0.3) is 0 Å². The van der Waals surface area contributed by atoms with Gasteiger partial charge >= 0.3 is 0 Å². The minimum atomic E-state index is -3.84. The van der Waals surface area contributed by atoms with Gasteiger partial charge in [-0.3, -0.25) is 24.5 Å². The van der Waals surface area contributed by atoms with Gasteiger partial charge in [0.25, 0.3) is 11.8 Å². The van der Waals surface area contributed by atoms with E-state index in [1.807, 2.05) is 6.07 Å². The predicted octanol–water partition coefficient (Wildman–Crippen LogP) is 5.17. The first-order valence-corrected chi connectivity index (χ1v) is 20.3. The lowest BCUT2D eigenvalue weighted by Gasteiger charge is -2.29. The summed E-state index contributed by atoms with van der Waals surface area (Å²) in [5.41, 5.74) is 6.90. The van der Waals surface area contributed by atoms with Gasteiger partial charge in [0.2, 0.25) is 27.8 Å². The number of hydrogen-bond acceptors (Lipinski definition) is 11. The molecule has 4 aromatic rings. The maximum absolute atomic E-state index is 14.3. The maximum atomic E-state index is 14.3. The number of benzene rings is 3. The van der Waals surface area contributed by atoms with Gasteiger partial charge in [-0.1, -0.05) is 12.1 Å². The zero-order chi connectivity index (χ0) is 39.6. The summed E-state index contributed by atoms with van der Waals surface area (Å²) >= 11 is 3.34. The van der Waals surface area contributed by atoms with Crippen molar-refractivity contribution in [3.05, 3.63) is 93.8 Å². The van der Waals surface area contributed by atoms with Gasteiger partial charge in [-0.05, 0) is 109 Å². The van der Waals surface area contributed by atoms with E-state index in [0.29, 0.717) is 60.0 Å². The van der Waals surface area contributed by atoms with E-state index in [2.05, 4.69) is 46.6 Å². The lowest BCUT2D eigenvalue weighted by atomic mass is 9.95. The minimum absolute atomic E-state index is 0.0920. The number of hydrogen-bond donors (Lipinski definition) is 5. The summed E-state index contributed by atoms with van der Waals surface area (Å²) in [7, 11) is -3.84. The molecule has 1 aliphatic carbocycles. The molecule has 1 atom stereocenters. The zero-order valence-corrected chi connectivity index (χ0v) is 32.3. The van der Waals surface area contributed by atoms with Crippen molar-refractivity contribution < 1.29 is 36.7 Å². The minimum Gasteiger partial charge on any atom is -0.490 e. The smallest absolute Gasteiger partial charge is 0.255 e. The van der Waals surface area contributed by atoms with Crippen molar-refractivity contribution in [2.75, 3.05) is 10.6 Å². The van der Waals surface area contributed by atoms with Crippen LogP contribution in [0.2, 0.25) is 0 Å². The van der Waals surface area contributed by atoms with E-state index in [4.69, 9.17) is 10.5 Å². The van der Waals surface area contributed by atoms with Gasteiger partial charge in [0.1, 0.15) is 23.4 Å². The number of carbonyl (C=O) groups is 4. The summed E-state index contributed by atoms with van der Waals surface area (Å²) in [6.07, 6.45) is 5.82. The van der Waals surface area contributed by atoms with Gasteiger partial charge in [0, 0.05) is 35.5 Å². The molecule has 6 N–H and O–H groups in total. The van der Waals surface area contributed by atoms with Crippen molar-refractivity contribution in [1.29, 1.82) is 0 Å². The maximum Gasteiger partial charge on any atom is 0.255 e. The first kappa shape index (κ1) is 38.8. The Balaban J connectivity index is 0.928. The largest absolute Gasteiger partial charge is 0.490 e. The molecule has 0 spiro atoms. The number of amides is 4. The number of primary amides is 1. The highest BCUT2D eigenvalue weighted by Crippen LogP contribution is 2.35. The summed E-state index contributed by atoms with van der Waals surface area (Å²) < 4.78 is 50.9. The molecule has 1 saturated heterocycles. The summed E-state index contributed by atoms with van der Waals surface area (Å²) in [5.74, 6) is -1.81. The number of nitrogens with two attached hydrogens (primary N) is 1. The molecule has 1 aromatic heterocycles. The van der Waals surface area contributed by atoms with Gasteiger partial charge in [0.05, 0.1) is 33.3 Å². The first-order valence-electron chi connectivity index (χ1n) is 18.1. The van der Waals surface area contributed by atoms with Gasteiger partial charge < -0.3 is 26.0 Å². The summed E-state index contributed by atoms with van der Waals surface area (Å²) in [5, 5.41) is 8.24. The fourth-order valence-corrected chi connectivity index (χ4v) is 8.81. The SMILES string of the molecule is NC(=O)c1c(F)cccc1Nc1nc(Nc2ccc(S(=O)(=O)NC3CCCC(Oc4cccc5c4CN(C4CCC(=O)NC4=O)C5=O)CCC3)cc2)ncc1Br. The molecule has 1 saturated carbocycles. The molecule has 3 aromatic carbocycles. The molecule has 0 radical (unpaired) electrons. The number of piperidine rings is 1. The quantitative estimate of drug-likeness (QED) is 0.124. The highest BCUT2D eigenvalue weighted by atomic mass is 79.9. The van der Waals surface area contributed by atoms with Crippen molar-refractivity contribution in [1.82, 2.24) is 24.9 Å². The molecule has 2 aliphatic heterocycles. The fraction of sp³-hybridized carbons (Fsp3) is 0.316. The van der Waals surface area contributed by atoms with Gasteiger partial charge in [-0.15, -0.1) is 0 Å². The number of anilines is 4. The Bertz CT molecular complexity index is 2300. The van der Waals surface area contributed by atoms with Gasteiger partial charge in [0.15, 0.2) is 0 Å². The van der Waals surface area contributed by atoms with Crippen LogP contribution in [-0.4, -0.2) is 65.1 Å². The normalized spacial score (nSPS) is 20.1. The topological polar surface area (TPSA) is 215 Å².